The van der Waals surface area contributed by atoms with Crippen molar-refractivity contribution < 1.29 is 0 Å². The Morgan fingerprint density at radius 1 is 0.871 bits per heavy atom. The Hall–Kier alpha value is -3.14. The van der Waals surface area contributed by atoms with Crippen molar-refractivity contribution >= 4 is 5.69 Å². The molecule has 1 aromatic heterocycles. The number of aromatic nitrogens is 3. The number of nitrogens with zero attached hydrogens (tertiary/aromatic N) is 3. The molecule has 2 aromatic carbocycles. The van der Waals surface area contributed by atoms with Crippen molar-refractivity contribution in [3.05, 3.63) is 78.9 Å². The van der Waals surface area contributed by atoms with Crippen molar-refractivity contribution in [2.75, 3.05) is 5.32 Å². The average molecular weight is 421 g/mol. The summed E-state index contributed by atoms with van der Waals surface area (Å²) in [6.07, 6.45) is 5.75. The Balaban J connectivity index is 0.000000703. The molecule has 0 amide bonds. The molecule has 31 heavy (non-hydrogen) atoms. The van der Waals surface area contributed by atoms with Crippen LogP contribution in [0.1, 0.15) is 54.0 Å². The summed E-state index contributed by atoms with van der Waals surface area (Å²) in [7, 11) is 1.94. The number of rotatable bonds is 0. The Labute approximate surface area is 189 Å². The van der Waals surface area contributed by atoms with E-state index in [1.54, 1.807) is 6.08 Å². The van der Waals surface area contributed by atoms with Gasteiger partial charge in [0.15, 0.2) is 0 Å². The summed E-state index contributed by atoms with van der Waals surface area (Å²) < 4.78 is 1.85. The van der Waals surface area contributed by atoms with Crippen LogP contribution >= 0.6 is 0 Å². The summed E-state index contributed by atoms with van der Waals surface area (Å²) in [5, 5.41) is 12.1. The fourth-order valence-electron chi connectivity index (χ4n) is 2.78. The minimum Gasteiger partial charge on any atom is -0.380 e. The maximum Gasteiger partial charge on any atom is 0.121 e. The number of allylic oxidation sites excluding steroid dienone is 3. The monoisotopic (exact) mass is 420 g/mol. The van der Waals surface area contributed by atoms with E-state index in [1.165, 1.54) is 5.56 Å². The smallest absolute Gasteiger partial charge is 0.121 e. The van der Waals surface area contributed by atoms with Gasteiger partial charge in [-0.05, 0) is 32.4 Å². The lowest BCUT2D eigenvalue weighted by atomic mass is 9.97. The molecule has 2 heterocycles. The topological polar surface area (TPSA) is 42.7 Å². The van der Waals surface area contributed by atoms with Gasteiger partial charge in [0, 0.05) is 30.4 Å². The molecular formula is C27H40N4. The van der Waals surface area contributed by atoms with Gasteiger partial charge in [-0.3, -0.25) is 0 Å². The van der Waals surface area contributed by atoms with Crippen molar-refractivity contribution in [3.8, 4) is 22.5 Å². The van der Waals surface area contributed by atoms with E-state index in [4.69, 9.17) is 0 Å². The lowest BCUT2D eigenvalue weighted by molar-refractivity contribution is 0.721. The first-order chi connectivity index (χ1) is 15.2. The quantitative estimate of drug-likeness (QED) is 0.376. The minimum absolute atomic E-state index is 0.795. The molecule has 0 saturated carbocycles. The van der Waals surface area contributed by atoms with Crippen LogP contribution in [0.5, 0.6) is 0 Å². The van der Waals surface area contributed by atoms with Crippen LogP contribution in [0.25, 0.3) is 22.5 Å². The van der Waals surface area contributed by atoms with E-state index in [-0.39, 0.29) is 0 Å². The Kier molecular flexibility index (Phi) is 15.0. The van der Waals surface area contributed by atoms with E-state index in [1.807, 2.05) is 90.5 Å². The summed E-state index contributed by atoms with van der Waals surface area (Å²) in [6.45, 7) is 18.0. The lowest BCUT2D eigenvalue weighted by Crippen LogP contribution is -2.07. The number of hydrogen-bond acceptors (Lipinski definition) is 3. The predicted molar refractivity (Wildman–Crippen MR) is 138 cm³/mol. The Morgan fingerprint density at radius 2 is 1.39 bits per heavy atom. The maximum atomic E-state index is 4.38. The summed E-state index contributed by atoms with van der Waals surface area (Å²) in [4.78, 5) is 0. The van der Waals surface area contributed by atoms with Crippen molar-refractivity contribution in [3.63, 3.8) is 0 Å². The van der Waals surface area contributed by atoms with Gasteiger partial charge in [-0.2, -0.15) is 0 Å². The van der Waals surface area contributed by atoms with E-state index in [2.05, 4.69) is 52.5 Å². The molecule has 4 heteroatoms. The average Bonchev–Trinajstić information content (AvgIpc) is 3.20. The zero-order chi connectivity index (χ0) is 23.6. The molecule has 0 spiro atoms. The molecule has 0 unspecified atom stereocenters. The number of nitrogens with one attached hydrogen (secondary N) is 1. The second-order valence-corrected chi connectivity index (χ2v) is 6.04. The van der Waals surface area contributed by atoms with Crippen LogP contribution in [0.2, 0.25) is 0 Å². The molecule has 0 aliphatic carbocycles. The first-order valence-corrected chi connectivity index (χ1v) is 11.1. The first-order valence-electron chi connectivity index (χ1n) is 11.1. The number of anilines is 1. The van der Waals surface area contributed by atoms with E-state index >= 15 is 0 Å². The summed E-state index contributed by atoms with van der Waals surface area (Å²) in [6, 6.07) is 16.6. The third-order valence-corrected chi connectivity index (χ3v) is 4.08. The highest BCUT2D eigenvalue weighted by atomic mass is 15.4. The normalized spacial score (nSPS) is 10.1. The van der Waals surface area contributed by atoms with Gasteiger partial charge >= 0.3 is 0 Å². The van der Waals surface area contributed by atoms with E-state index in [0.717, 1.165) is 34.7 Å². The molecule has 0 atom stereocenters. The number of fused-ring (bicyclic) bond motifs is 5. The lowest BCUT2D eigenvalue weighted by Gasteiger charge is -2.18. The highest BCUT2D eigenvalue weighted by Gasteiger charge is 2.21. The van der Waals surface area contributed by atoms with Crippen LogP contribution in [-0.4, -0.2) is 15.0 Å². The third-order valence-electron chi connectivity index (χ3n) is 4.08. The van der Waals surface area contributed by atoms with Gasteiger partial charge in [0.1, 0.15) is 5.69 Å². The predicted octanol–water partition coefficient (Wildman–Crippen LogP) is 7.90. The van der Waals surface area contributed by atoms with Crippen LogP contribution in [0.4, 0.5) is 5.69 Å². The van der Waals surface area contributed by atoms with Crippen LogP contribution in [0.3, 0.4) is 0 Å². The summed E-state index contributed by atoms with van der Waals surface area (Å²) in [5.74, 6) is 0. The number of aryl methyl sites for hydroxylation is 1. The molecule has 0 saturated heterocycles. The van der Waals surface area contributed by atoms with Crippen molar-refractivity contribution in [2.45, 2.75) is 55.0 Å². The molecule has 0 fully saturated rings. The second-order valence-electron chi connectivity index (χ2n) is 6.04. The summed E-state index contributed by atoms with van der Waals surface area (Å²) >= 11 is 0. The molecule has 0 radical (unpaired) electrons. The molecule has 1 N–H and O–H groups in total. The van der Waals surface area contributed by atoms with Gasteiger partial charge in [0.05, 0.1) is 5.69 Å². The largest absolute Gasteiger partial charge is 0.380 e. The molecule has 1 aliphatic heterocycles. The van der Waals surface area contributed by atoms with E-state index < -0.39 is 0 Å². The standard InChI is InChI=1S/C16H14N4.C4H8.C3H6.2C2H6/c1-20-16-13-8-4-5-9-14(13)17-10-11-6-2-3-7-12(11)15(16)18-19-20;1-3-4-2;1-3-2;2*1-2/h2-9,17H,10H2,1H3;3-4H,1-2H3;3H,1H2,2H3;2*1-2H3. The fraction of sp³-hybridized carbons (Fsp3) is 0.333. The molecule has 4 rings (SSSR count). The number of para-hydroxylation sites is 1. The highest BCUT2D eigenvalue weighted by Crippen LogP contribution is 2.37. The van der Waals surface area contributed by atoms with Crippen molar-refractivity contribution in [1.82, 2.24) is 15.0 Å². The van der Waals surface area contributed by atoms with E-state index in [9.17, 15) is 0 Å². The number of benzene rings is 2. The number of hydrogen-bond donors (Lipinski definition) is 1. The van der Waals surface area contributed by atoms with Crippen LogP contribution in [-0.2, 0) is 13.6 Å². The third kappa shape index (κ3) is 7.89. The maximum absolute atomic E-state index is 4.38. The molecule has 1 aliphatic rings. The van der Waals surface area contributed by atoms with Crippen LogP contribution < -0.4 is 5.32 Å². The Bertz CT molecular complexity index is 903. The van der Waals surface area contributed by atoms with Gasteiger partial charge < -0.3 is 5.32 Å². The molecule has 4 nitrogen and oxygen atoms in total. The summed E-state index contributed by atoms with van der Waals surface area (Å²) in [5.41, 5.74) is 6.66. The van der Waals surface area contributed by atoms with Crippen LogP contribution in [0.15, 0.2) is 73.3 Å². The zero-order valence-electron chi connectivity index (χ0n) is 20.6. The molecule has 0 bridgehead atoms. The zero-order valence-corrected chi connectivity index (χ0v) is 20.6. The molecule has 3 aromatic rings. The second kappa shape index (κ2) is 16.6. The Morgan fingerprint density at radius 3 is 1.97 bits per heavy atom. The fourth-order valence-corrected chi connectivity index (χ4v) is 2.78. The van der Waals surface area contributed by atoms with Crippen LogP contribution in [0, 0.1) is 0 Å². The molecular weight excluding hydrogens is 380 g/mol. The SMILES string of the molecule is C=CC.CC.CC.CC=CC.Cn1nnc2c1-c1ccccc1NCc1ccccc1-2. The van der Waals surface area contributed by atoms with Gasteiger partial charge in [-0.25, -0.2) is 4.68 Å². The van der Waals surface area contributed by atoms with Gasteiger partial charge in [-0.15, -0.1) is 11.7 Å². The highest BCUT2D eigenvalue weighted by molar-refractivity contribution is 5.87. The first kappa shape index (κ1) is 27.9. The van der Waals surface area contributed by atoms with Gasteiger partial charge in [-0.1, -0.05) is 93.6 Å². The van der Waals surface area contributed by atoms with Gasteiger partial charge in [0.25, 0.3) is 0 Å². The van der Waals surface area contributed by atoms with Crippen molar-refractivity contribution in [2.24, 2.45) is 7.05 Å². The van der Waals surface area contributed by atoms with Crippen molar-refractivity contribution in [1.29, 1.82) is 0 Å². The molecule has 168 valence electrons. The minimum atomic E-state index is 0.795. The van der Waals surface area contributed by atoms with Gasteiger partial charge in [0.2, 0.25) is 0 Å². The van der Waals surface area contributed by atoms with E-state index in [0.29, 0.717) is 0 Å².